The first-order valence-electron chi connectivity index (χ1n) is 23.8. The van der Waals surface area contributed by atoms with Gasteiger partial charge in [0.2, 0.25) is 0 Å². The lowest BCUT2D eigenvalue weighted by Crippen LogP contribution is -2.67. The van der Waals surface area contributed by atoms with Crippen LogP contribution in [0, 0.1) is 11.3 Å². The molecule has 2 aromatic heterocycles. The van der Waals surface area contributed by atoms with Crippen LogP contribution in [0.4, 0.5) is 10.5 Å². The highest BCUT2D eigenvalue weighted by Gasteiger charge is 2.51. The fourth-order valence-electron chi connectivity index (χ4n) is 10.2. The molecule has 0 spiro atoms. The summed E-state index contributed by atoms with van der Waals surface area (Å²) in [7, 11) is -1.44. The number of piperidine rings is 1. The fourth-order valence-corrected chi connectivity index (χ4v) is 14.9. The van der Waals surface area contributed by atoms with Crippen molar-refractivity contribution in [2.45, 2.75) is 111 Å². The van der Waals surface area contributed by atoms with Gasteiger partial charge in [0.1, 0.15) is 12.6 Å². The third-order valence-electron chi connectivity index (χ3n) is 13.3. The predicted octanol–water partition coefficient (Wildman–Crippen LogP) is 11.1. The van der Waals surface area contributed by atoms with Crippen molar-refractivity contribution in [2.24, 2.45) is 11.3 Å². The highest BCUT2D eigenvalue weighted by Crippen LogP contribution is 2.43. The number of alkyl carbamates (subject to hydrolysis) is 1. The van der Waals surface area contributed by atoms with Gasteiger partial charge in [-0.15, -0.1) is 0 Å². The molecule has 1 amide bonds. The van der Waals surface area contributed by atoms with Gasteiger partial charge in [-0.2, -0.15) is 0 Å². The maximum absolute atomic E-state index is 13.1. The second-order valence-electron chi connectivity index (χ2n) is 20.1. The molecule has 0 saturated carbocycles. The maximum atomic E-state index is 13.1. The Morgan fingerprint density at radius 2 is 1.52 bits per heavy atom. The lowest BCUT2D eigenvalue weighted by molar-refractivity contribution is -0.143. The standard InChI is InChI=1S/C56H70N4O5Si/c1-10-60-50-31-30-43(59-33-21-24-42(37-59)34-49(53(61)63-9)58-54(62)64-38-41-22-14-11-15-23-41)35-47(50)48(52(60)46-29-20-32-57-51(46)40(2)3)36-56(7,8)39-65-66(55(4,5)6,44-25-16-12-17-26-44)45-27-18-13-19-28-45/h11-20,22-23,25-32,35,40,42,49H,10,21,24,33-34,36-39H2,1-9H3,(H,58,62)/t42-,49-/m0/s1. The number of methoxy groups -OCH3 is 1. The first-order chi connectivity index (χ1) is 31.7. The van der Waals surface area contributed by atoms with Gasteiger partial charge >= 0.3 is 12.1 Å². The van der Waals surface area contributed by atoms with E-state index >= 15 is 0 Å². The van der Waals surface area contributed by atoms with Crippen molar-refractivity contribution >= 4 is 47.3 Å². The monoisotopic (exact) mass is 907 g/mol. The highest BCUT2D eigenvalue weighted by atomic mass is 28.4. The molecule has 0 radical (unpaired) electrons. The Morgan fingerprint density at radius 3 is 2.12 bits per heavy atom. The lowest BCUT2D eigenvalue weighted by Gasteiger charge is -2.44. The smallest absolute Gasteiger partial charge is 0.408 e. The molecule has 7 rings (SSSR count). The largest absolute Gasteiger partial charge is 0.467 e. The molecule has 348 valence electrons. The van der Waals surface area contributed by atoms with Gasteiger partial charge in [0.05, 0.1) is 18.5 Å². The predicted molar refractivity (Wildman–Crippen MR) is 271 cm³/mol. The number of carbonyl (C=O) groups is 2. The molecule has 6 aromatic rings. The summed E-state index contributed by atoms with van der Waals surface area (Å²) in [5.41, 5.74) is 7.75. The number of amides is 1. The minimum Gasteiger partial charge on any atom is -0.467 e. The summed E-state index contributed by atoms with van der Waals surface area (Å²) >= 11 is 0. The number of hydrogen-bond donors (Lipinski definition) is 1. The second-order valence-corrected chi connectivity index (χ2v) is 24.4. The first-order valence-corrected chi connectivity index (χ1v) is 25.7. The van der Waals surface area contributed by atoms with Gasteiger partial charge < -0.3 is 28.7 Å². The van der Waals surface area contributed by atoms with E-state index in [0.29, 0.717) is 13.0 Å². The van der Waals surface area contributed by atoms with Gasteiger partial charge in [-0.3, -0.25) is 4.98 Å². The minimum atomic E-state index is -2.80. The van der Waals surface area contributed by atoms with E-state index in [2.05, 4.69) is 161 Å². The molecule has 1 aliphatic rings. The SMILES string of the molecule is CCn1c(-c2cccnc2C(C)C)c(CC(C)(C)CO[Si](c2ccccc2)(c2ccccc2)C(C)(C)C)c2cc(N3CCC[C@@H](C[C@H](NC(=O)OCc4ccccc4)C(=O)OC)C3)ccc21. The van der Waals surface area contributed by atoms with Crippen LogP contribution in [0.1, 0.15) is 97.4 Å². The van der Waals surface area contributed by atoms with E-state index in [9.17, 15) is 9.59 Å². The van der Waals surface area contributed by atoms with Crippen LogP contribution in [0.15, 0.2) is 128 Å². The van der Waals surface area contributed by atoms with Crippen LogP contribution in [0.25, 0.3) is 22.2 Å². The van der Waals surface area contributed by atoms with Crippen LogP contribution < -0.4 is 20.6 Å². The average Bonchev–Trinajstić information content (AvgIpc) is 3.62. The minimum absolute atomic E-state index is 0.119. The van der Waals surface area contributed by atoms with Gasteiger partial charge in [-0.05, 0) is 107 Å². The molecule has 1 aliphatic heterocycles. The number of nitrogens with zero attached hydrogens (tertiary/aromatic N) is 3. The van der Waals surface area contributed by atoms with E-state index in [0.717, 1.165) is 55.8 Å². The molecule has 1 fully saturated rings. The zero-order chi connectivity index (χ0) is 47.1. The Hall–Kier alpha value is -5.71. The van der Waals surface area contributed by atoms with Crippen LogP contribution in [0.2, 0.25) is 5.04 Å². The Balaban J connectivity index is 1.23. The van der Waals surface area contributed by atoms with E-state index in [1.165, 1.54) is 45.2 Å². The Morgan fingerprint density at radius 1 is 0.864 bits per heavy atom. The lowest BCUT2D eigenvalue weighted by atomic mass is 9.84. The molecule has 10 heteroatoms. The van der Waals surface area contributed by atoms with Crippen molar-refractivity contribution in [3.05, 3.63) is 144 Å². The summed E-state index contributed by atoms with van der Waals surface area (Å²) in [6, 6.07) is 41.8. The van der Waals surface area contributed by atoms with Crippen molar-refractivity contribution in [2.75, 3.05) is 31.7 Å². The number of hydrogen-bond acceptors (Lipinski definition) is 7. The molecule has 2 atom stereocenters. The van der Waals surface area contributed by atoms with Crippen molar-refractivity contribution in [1.29, 1.82) is 0 Å². The van der Waals surface area contributed by atoms with Crippen molar-refractivity contribution < 1.29 is 23.5 Å². The zero-order valence-electron chi connectivity index (χ0n) is 40.6. The summed E-state index contributed by atoms with van der Waals surface area (Å²) in [5, 5.41) is 6.46. The van der Waals surface area contributed by atoms with Gasteiger partial charge in [-0.25, -0.2) is 9.59 Å². The molecule has 66 heavy (non-hydrogen) atoms. The van der Waals surface area contributed by atoms with E-state index < -0.39 is 26.4 Å². The number of aromatic nitrogens is 2. The Bertz CT molecular complexity index is 2510. The summed E-state index contributed by atoms with van der Waals surface area (Å²) < 4.78 is 20.8. The van der Waals surface area contributed by atoms with Gasteiger partial charge in [0.25, 0.3) is 8.32 Å². The zero-order valence-corrected chi connectivity index (χ0v) is 41.6. The molecule has 0 bridgehead atoms. The number of benzene rings is 4. The number of aryl methyl sites for hydroxylation is 1. The molecule has 1 saturated heterocycles. The molecule has 9 nitrogen and oxygen atoms in total. The van der Waals surface area contributed by atoms with Crippen LogP contribution >= 0.6 is 0 Å². The Labute approximate surface area is 394 Å². The summed E-state index contributed by atoms with van der Waals surface area (Å²) in [6.07, 6.45) is 4.42. The van der Waals surface area contributed by atoms with Crippen molar-refractivity contribution in [1.82, 2.24) is 14.9 Å². The third-order valence-corrected chi connectivity index (χ3v) is 18.3. The number of carbonyl (C=O) groups excluding carboxylic acids is 2. The highest BCUT2D eigenvalue weighted by molar-refractivity contribution is 6.99. The Kier molecular flexibility index (Phi) is 15.2. The number of ether oxygens (including phenoxy) is 2. The van der Waals surface area contributed by atoms with Crippen molar-refractivity contribution in [3.8, 4) is 11.3 Å². The summed E-state index contributed by atoms with van der Waals surface area (Å²) in [6.45, 7) is 21.6. The van der Waals surface area contributed by atoms with Crippen LogP contribution in [0.3, 0.4) is 0 Å². The summed E-state index contributed by atoms with van der Waals surface area (Å²) in [5.74, 6) is -0.0930. The van der Waals surface area contributed by atoms with Crippen molar-refractivity contribution in [3.63, 3.8) is 0 Å². The van der Waals surface area contributed by atoms with Crippen LogP contribution in [0.5, 0.6) is 0 Å². The average molecular weight is 907 g/mol. The number of pyridine rings is 1. The van der Waals surface area contributed by atoms with E-state index in [1.807, 2.05) is 36.5 Å². The molecule has 0 unspecified atom stereocenters. The second kappa shape index (κ2) is 20.9. The fraction of sp³-hybridized carbons (Fsp3) is 0.411. The molecule has 0 aliphatic carbocycles. The number of rotatable bonds is 17. The van der Waals surface area contributed by atoms with E-state index in [-0.39, 0.29) is 28.9 Å². The molecule has 1 N–H and O–H groups in total. The maximum Gasteiger partial charge on any atom is 0.408 e. The van der Waals surface area contributed by atoms with E-state index in [4.69, 9.17) is 18.9 Å². The molecular weight excluding hydrogens is 837 g/mol. The third kappa shape index (κ3) is 10.6. The molecule has 4 aromatic carbocycles. The van der Waals surface area contributed by atoms with Crippen LogP contribution in [-0.2, 0) is 38.3 Å². The van der Waals surface area contributed by atoms with Gasteiger partial charge in [-0.1, -0.05) is 139 Å². The number of esters is 1. The first kappa shape index (κ1) is 48.2. The number of fused-ring (bicyclic) bond motifs is 1. The van der Waals surface area contributed by atoms with E-state index in [1.54, 1.807) is 0 Å². The number of nitrogens with one attached hydrogen (secondary N) is 1. The van der Waals surface area contributed by atoms with Crippen LogP contribution in [-0.4, -0.2) is 62.8 Å². The molecule has 3 heterocycles. The topological polar surface area (TPSA) is 94.9 Å². The molecular formula is C56H70N4O5Si. The quantitative estimate of drug-likeness (QED) is 0.0719. The summed E-state index contributed by atoms with van der Waals surface area (Å²) in [4.78, 5) is 33.4. The number of anilines is 1. The normalized spacial score (nSPS) is 15.2. The van der Waals surface area contributed by atoms with Gasteiger partial charge in [0, 0.05) is 54.6 Å². The van der Waals surface area contributed by atoms with Gasteiger partial charge in [0.15, 0.2) is 0 Å².